The van der Waals surface area contributed by atoms with Gasteiger partial charge in [-0.2, -0.15) is 0 Å². The van der Waals surface area contributed by atoms with Crippen LogP contribution in [0, 0.1) is 0 Å². The van der Waals surface area contributed by atoms with Crippen molar-refractivity contribution >= 4 is 54.3 Å². The number of fused-ring (bicyclic) bond motifs is 10. The first-order chi connectivity index (χ1) is 27.2. The SMILES string of the molecule is c1ccc(-c2cccc(-c3cc(-c4ccc5c(ccc6ccccc65)c4)nc(-c4ccc5c6c(cccc46)-c4c-5ccc5oc6ccccc6c45)n3)c2)cc1. The molecule has 11 aromatic rings. The molecule has 0 N–H and O–H groups in total. The highest BCUT2D eigenvalue weighted by atomic mass is 16.3. The van der Waals surface area contributed by atoms with Gasteiger partial charge in [0.15, 0.2) is 5.82 Å². The van der Waals surface area contributed by atoms with Gasteiger partial charge in [0, 0.05) is 33.0 Å². The van der Waals surface area contributed by atoms with Crippen molar-refractivity contribution in [2.24, 2.45) is 0 Å². The van der Waals surface area contributed by atoms with Crippen molar-refractivity contribution in [2.75, 3.05) is 0 Å². The van der Waals surface area contributed by atoms with Crippen LogP contribution in [0.1, 0.15) is 0 Å². The summed E-state index contributed by atoms with van der Waals surface area (Å²) >= 11 is 0. The van der Waals surface area contributed by atoms with Crippen LogP contribution in [-0.4, -0.2) is 9.97 Å². The van der Waals surface area contributed by atoms with Crippen LogP contribution in [0.15, 0.2) is 186 Å². The lowest BCUT2D eigenvalue weighted by molar-refractivity contribution is 0.669. The van der Waals surface area contributed by atoms with Gasteiger partial charge < -0.3 is 4.42 Å². The minimum Gasteiger partial charge on any atom is -0.456 e. The summed E-state index contributed by atoms with van der Waals surface area (Å²) in [5, 5.41) is 9.59. The number of aromatic nitrogens is 2. The van der Waals surface area contributed by atoms with Crippen molar-refractivity contribution in [2.45, 2.75) is 0 Å². The van der Waals surface area contributed by atoms with Crippen LogP contribution in [0.5, 0.6) is 0 Å². The van der Waals surface area contributed by atoms with Gasteiger partial charge in [-0.25, -0.2) is 9.97 Å². The molecule has 0 bridgehead atoms. The Hall–Kier alpha value is -7.36. The molecule has 254 valence electrons. The predicted molar refractivity (Wildman–Crippen MR) is 228 cm³/mol. The van der Waals surface area contributed by atoms with Crippen molar-refractivity contribution in [1.29, 1.82) is 0 Å². The molecule has 12 rings (SSSR count). The van der Waals surface area contributed by atoms with Crippen molar-refractivity contribution in [3.05, 3.63) is 182 Å². The maximum atomic E-state index is 6.34. The number of para-hydroxylation sites is 1. The van der Waals surface area contributed by atoms with Crippen LogP contribution in [-0.2, 0) is 0 Å². The number of hydrogen-bond donors (Lipinski definition) is 0. The van der Waals surface area contributed by atoms with Gasteiger partial charge in [-0.05, 0) is 103 Å². The molecular weight excluding hydrogens is 669 g/mol. The van der Waals surface area contributed by atoms with Gasteiger partial charge in [0.05, 0.1) is 11.4 Å². The summed E-state index contributed by atoms with van der Waals surface area (Å²) in [6, 6.07) is 64.8. The quantitative estimate of drug-likeness (QED) is 0.172. The maximum absolute atomic E-state index is 6.34. The third-order valence-corrected chi connectivity index (χ3v) is 11.4. The lowest BCUT2D eigenvalue weighted by Crippen LogP contribution is -1.97. The average Bonchev–Trinajstić information content (AvgIpc) is 3.80. The van der Waals surface area contributed by atoms with Crippen LogP contribution in [0.4, 0.5) is 0 Å². The summed E-state index contributed by atoms with van der Waals surface area (Å²) in [4.78, 5) is 10.8. The van der Waals surface area contributed by atoms with E-state index in [1.807, 2.05) is 6.07 Å². The van der Waals surface area contributed by atoms with E-state index in [0.717, 1.165) is 55.6 Å². The third kappa shape index (κ3) is 4.57. The van der Waals surface area contributed by atoms with E-state index in [4.69, 9.17) is 14.4 Å². The number of furan rings is 1. The zero-order valence-corrected chi connectivity index (χ0v) is 29.6. The smallest absolute Gasteiger partial charge is 0.161 e. The Morgan fingerprint density at radius 2 is 1.00 bits per heavy atom. The molecule has 0 unspecified atom stereocenters. The molecule has 55 heavy (non-hydrogen) atoms. The molecule has 0 saturated carbocycles. The van der Waals surface area contributed by atoms with Crippen LogP contribution < -0.4 is 0 Å². The Bertz CT molecular complexity index is 3380. The van der Waals surface area contributed by atoms with E-state index in [-0.39, 0.29) is 0 Å². The standard InChI is InChI=1S/C52H30N2O/c1-2-10-31(11-3-1)33-13-8-14-35(28-33)45-30-46(36-22-23-38-34(29-36)21-20-32-12-4-5-15-37(32)38)54-52(53-45)42-25-24-40-41-26-27-48-51(43-16-6-7-19-47(43)55-48)50(41)44-18-9-17-39(42)49(40)44/h1-30H. The Morgan fingerprint density at radius 1 is 0.327 bits per heavy atom. The summed E-state index contributed by atoms with van der Waals surface area (Å²) < 4.78 is 6.34. The van der Waals surface area contributed by atoms with E-state index >= 15 is 0 Å². The van der Waals surface area contributed by atoms with Crippen molar-refractivity contribution in [1.82, 2.24) is 9.97 Å². The Balaban J connectivity index is 1.08. The summed E-state index contributed by atoms with van der Waals surface area (Å²) in [5.41, 5.74) is 13.9. The molecule has 0 fully saturated rings. The van der Waals surface area contributed by atoms with Crippen LogP contribution in [0.3, 0.4) is 0 Å². The fourth-order valence-electron chi connectivity index (χ4n) is 8.88. The van der Waals surface area contributed by atoms with Crippen LogP contribution in [0.25, 0.3) is 122 Å². The first-order valence-electron chi connectivity index (χ1n) is 18.7. The Morgan fingerprint density at radius 3 is 1.91 bits per heavy atom. The summed E-state index contributed by atoms with van der Waals surface area (Å²) in [6.45, 7) is 0. The normalized spacial score (nSPS) is 12.0. The zero-order chi connectivity index (χ0) is 36.0. The molecule has 0 spiro atoms. The second-order valence-electron chi connectivity index (χ2n) is 14.5. The molecule has 0 amide bonds. The summed E-state index contributed by atoms with van der Waals surface area (Å²) in [7, 11) is 0. The van der Waals surface area contributed by atoms with E-state index < -0.39 is 0 Å². The molecule has 0 saturated heterocycles. The first kappa shape index (κ1) is 30.1. The van der Waals surface area contributed by atoms with Crippen molar-refractivity contribution in [3.63, 3.8) is 0 Å². The Labute approximate surface area is 316 Å². The van der Waals surface area contributed by atoms with E-state index in [1.165, 1.54) is 60.1 Å². The molecule has 9 aromatic carbocycles. The molecule has 2 heterocycles. The molecule has 2 aromatic heterocycles. The van der Waals surface area contributed by atoms with Crippen LogP contribution >= 0.6 is 0 Å². The molecule has 0 aliphatic heterocycles. The predicted octanol–water partition coefficient (Wildman–Crippen LogP) is 14.2. The highest BCUT2D eigenvalue weighted by Crippen LogP contribution is 2.53. The average molecular weight is 699 g/mol. The van der Waals surface area contributed by atoms with Gasteiger partial charge in [-0.15, -0.1) is 0 Å². The third-order valence-electron chi connectivity index (χ3n) is 11.4. The van der Waals surface area contributed by atoms with Crippen molar-refractivity contribution in [3.8, 4) is 67.3 Å². The van der Waals surface area contributed by atoms with Gasteiger partial charge >= 0.3 is 0 Å². The van der Waals surface area contributed by atoms with Gasteiger partial charge in [0.2, 0.25) is 0 Å². The lowest BCUT2D eigenvalue weighted by atomic mass is 9.96. The molecule has 0 atom stereocenters. The van der Waals surface area contributed by atoms with Gasteiger partial charge in [0.1, 0.15) is 11.2 Å². The maximum Gasteiger partial charge on any atom is 0.161 e. The molecule has 1 aliphatic rings. The van der Waals surface area contributed by atoms with Gasteiger partial charge in [0.25, 0.3) is 0 Å². The molecule has 0 radical (unpaired) electrons. The molecular formula is C52H30N2O. The first-order valence-corrected chi connectivity index (χ1v) is 18.7. The molecule has 1 aliphatic carbocycles. The van der Waals surface area contributed by atoms with E-state index in [9.17, 15) is 0 Å². The van der Waals surface area contributed by atoms with Gasteiger partial charge in [-0.3, -0.25) is 0 Å². The number of hydrogen-bond acceptors (Lipinski definition) is 3. The minimum atomic E-state index is 0.704. The van der Waals surface area contributed by atoms with Crippen molar-refractivity contribution < 1.29 is 4.42 Å². The molecule has 3 heteroatoms. The van der Waals surface area contributed by atoms with Gasteiger partial charge in [-0.1, -0.05) is 140 Å². The highest BCUT2D eigenvalue weighted by Gasteiger charge is 2.27. The zero-order valence-electron chi connectivity index (χ0n) is 29.6. The minimum absolute atomic E-state index is 0.704. The van der Waals surface area contributed by atoms with E-state index in [2.05, 4.69) is 176 Å². The highest BCUT2D eigenvalue weighted by molar-refractivity contribution is 6.26. The largest absolute Gasteiger partial charge is 0.456 e. The summed E-state index contributed by atoms with van der Waals surface area (Å²) in [6.07, 6.45) is 0. The fraction of sp³-hybridized carbons (Fsp3) is 0. The second kappa shape index (κ2) is 11.6. The molecule has 3 nitrogen and oxygen atoms in total. The van der Waals surface area contributed by atoms with E-state index in [1.54, 1.807) is 0 Å². The second-order valence-corrected chi connectivity index (χ2v) is 14.5. The number of rotatable bonds is 4. The summed E-state index contributed by atoms with van der Waals surface area (Å²) in [5.74, 6) is 0.704. The Kier molecular flexibility index (Phi) is 6.34. The van der Waals surface area contributed by atoms with Crippen LogP contribution in [0.2, 0.25) is 0 Å². The number of nitrogens with zero attached hydrogens (tertiary/aromatic N) is 2. The monoisotopic (exact) mass is 698 g/mol. The number of benzene rings is 9. The lowest BCUT2D eigenvalue weighted by Gasteiger charge is -2.13. The fourth-order valence-corrected chi connectivity index (χ4v) is 8.88. The van der Waals surface area contributed by atoms with E-state index in [0.29, 0.717) is 5.82 Å². The topological polar surface area (TPSA) is 38.9 Å².